The number of hydrazone groups is 1. The normalized spacial score (nSPS) is 11.4. The Labute approximate surface area is 129 Å². The summed E-state index contributed by atoms with van der Waals surface area (Å²) in [5.74, 6) is -0.441. The van der Waals surface area contributed by atoms with Gasteiger partial charge in [-0.25, -0.2) is 5.01 Å². The van der Waals surface area contributed by atoms with Crippen LogP contribution in [0.3, 0.4) is 0 Å². The molecule has 1 aromatic heterocycles. The Balaban J connectivity index is 2.75. The van der Waals surface area contributed by atoms with E-state index in [-0.39, 0.29) is 16.6 Å². The summed E-state index contributed by atoms with van der Waals surface area (Å²) in [6, 6.07) is 4.42. The molecule has 0 spiro atoms. The van der Waals surface area contributed by atoms with Crippen LogP contribution < -0.4 is 10.6 Å². The number of halogens is 3. The molecular weight excluding hydrogens is 311 g/mol. The highest BCUT2D eigenvalue weighted by Crippen LogP contribution is 2.34. The number of carbonyl (C=O) groups is 1. The topological polar surface area (TPSA) is 65.5 Å². The number of anilines is 1. The number of hydrogen-bond acceptors (Lipinski definition) is 3. The summed E-state index contributed by atoms with van der Waals surface area (Å²) in [4.78, 5) is 25.4. The highest BCUT2D eigenvalue weighted by atomic mass is 19.4. The van der Waals surface area contributed by atoms with Crippen LogP contribution in [0.15, 0.2) is 34.2 Å². The van der Waals surface area contributed by atoms with E-state index in [1.807, 2.05) is 0 Å². The molecule has 1 N–H and O–H groups in total. The largest absolute Gasteiger partial charge is 0.417 e. The molecular formula is C15H14F3N3O2. The van der Waals surface area contributed by atoms with E-state index in [0.29, 0.717) is 11.8 Å². The van der Waals surface area contributed by atoms with E-state index in [4.69, 9.17) is 0 Å². The maximum absolute atomic E-state index is 13.1. The van der Waals surface area contributed by atoms with E-state index < -0.39 is 23.2 Å². The minimum absolute atomic E-state index is 0.0364. The standard InChI is InChI=1S/C15H14F3N3O2/c1-8(2)20-21(9(3)22)10-4-5-13-11(6-10)12(15(16,17)18)7-14(23)19-13/h4-7H,1-3H3,(H,19,23). The predicted molar refractivity (Wildman–Crippen MR) is 81.5 cm³/mol. The van der Waals surface area contributed by atoms with E-state index in [1.165, 1.54) is 25.1 Å². The zero-order valence-electron chi connectivity index (χ0n) is 12.7. The number of carbonyl (C=O) groups excluding carboxylic acids is 1. The first-order valence-corrected chi connectivity index (χ1v) is 6.66. The van der Waals surface area contributed by atoms with Gasteiger partial charge in [0.25, 0.3) is 0 Å². The molecule has 2 rings (SSSR count). The van der Waals surface area contributed by atoms with E-state index in [0.717, 1.165) is 5.01 Å². The highest BCUT2D eigenvalue weighted by Gasteiger charge is 2.33. The molecule has 0 bridgehead atoms. The third kappa shape index (κ3) is 3.58. The SMILES string of the molecule is CC(=O)N(N=C(C)C)c1ccc2[nH]c(=O)cc(C(F)(F)F)c2c1. The zero-order chi connectivity index (χ0) is 17.4. The van der Waals surface area contributed by atoms with Crippen LogP contribution >= 0.6 is 0 Å². The lowest BCUT2D eigenvalue weighted by Crippen LogP contribution is -2.23. The van der Waals surface area contributed by atoms with Crippen LogP contribution in [0.2, 0.25) is 0 Å². The molecule has 1 amide bonds. The first-order chi connectivity index (χ1) is 10.6. The van der Waals surface area contributed by atoms with Crippen LogP contribution in [-0.4, -0.2) is 16.6 Å². The first-order valence-electron chi connectivity index (χ1n) is 6.66. The molecule has 1 aromatic carbocycles. The van der Waals surface area contributed by atoms with Crippen molar-refractivity contribution < 1.29 is 18.0 Å². The Hall–Kier alpha value is -2.64. The predicted octanol–water partition coefficient (Wildman–Crippen LogP) is 3.30. The van der Waals surface area contributed by atoms with Crippen molar-refractivity contribution in [2.45, 2.75) is 26.9 Å². The summed E-state index contributed by atoms with van der Waals surface area (Å²) in [5, 5.41) is 4.82. The van der Waals surface area contributed by atoms with Gasteiger partial charge >= 0.3 is 6.18 Å². The van der Waals surface area contributed by atoms with Crippen LogP contribution in [-0.2, 0) is 11.0 Å². The lowest BCUT2D eigenvalue weighted by Gasteiger charge is -2.17. The Morgan fingerprint density at radius 2 is 1.83 bits per heavy atom. The van der Waals surface area contributed by atoms with Gasteiger partial charge in [-0.1, -0.05) is 0 Å². The molecule has 0 atom stereocenters. The average molecular weight is 325 g/mol. The van der Waals surface area contributed by atoms with Crippen molar-refractivity contribution in [2.24, 2.45) is 5.10 Å². The summed E-state index contributed by atoms with van der Waals surface area (Å²) < 4.78 is 39.4. The monoisotopic (exact) mass is 325 g/mol. The number of fused-ring (bicyclic) bond motifs is 1. The van der Waals surface area contributed by atoms with Crippen LogP contribution in [0.25, 0.3) is 10.9 Å². The van der Waals surface area contributed by atoms with Gasteiger partial charge < -0.3 is 4.98 Å². The van der Waals surface area contributed by atoms with Crippen molar-refractivity contribution >= 4 is 28.2 Å². The van der Waals surface area contributed by atoms with Crippen LogP contribution in [0.5, 0.6) is 0 Å². The second kappa shape index (κ2) is 5.86. The maximum atomic E-state index is 13.1. The summed E-state index contributed by atoms with van der Waals surface area (Å²) in [6.45, 7) is 4.58. The summed E-state index contributed by atoms with van der Waals surface area (Å²) in [7, 11) is 0. The van der Waals surface area contributed by atoms with Gasteiger partial charge in [-0.15, -0.1) is 0 Å². The second-order valence-electron chi connectivity index (χ2n) is 5.15. The van der Waals surface area contributed by atoms with Crippen molar-refractivity contribution in [3.05, 3.63) is 40.2 Å². The number of benzene rings is 1. The number of aromatic nitrogens is 1. The number of nitrogens with zero attached hydrogens (tertiary/aromatic N) is 2. The number of alkyl halides is 3. The fourth-order valence-electron chi connectivity index (χ4n) is 2.12. The van der Waals surface area contributed by atoms with Crippen molar-refractivity contribution in [1.29, 1.82) is 0 Å². The molecule has 0 aliphatic carbocycles. The maximum Gasteiger partial charge on any atom is 0.417 e. The van der Waals surface area contributed by atoms with Gasteiger partial charge in [-0.05, 0) is 32.0 Å². The molecule has 23 heavy (non-hydrogen) atoms. The third-order valence-electron chi connectivity index (χ3n) is 2.97. The molecule has 0 unspecified atom stereocenters. The Kier molecular flexibility index (Phi) is 4.26. The quantitative estimate of drug-likeness (QED) is 0.680. The molecule has 1 heterocycles. The summed E-state index contributed by atoms with van der Waals surface area (Å²) >= 11 is 0. The van der Waals surface area contributed by atoms with Crippen molar-refractivity contribution in [3.8, 4) is 0 Å². The first kappa shape index (κ1) is 16.7. The Morgan fingerprint density at radius 1 is 1.17 bits per heavy atom. The molecule has 122 valence electrons. The molecule has 0 radical (unpaired) electrons. The number of aromatic amines is 1. The van der Waals surface area contributed by atoms with Gasteiger partial charge in [0.15, 0.2) is 0 Å². The number of rotatable bonds is 2. The van der Waals surface area contributed by atoms with Gasteiger partial charge in [0.1, 0.15) is 0 Å². The lowest BCUT2D eigenvalue weighted by molar-refractivity contribution is -0.136. The van der Waals surface area contributed by atoms with Gasteiger partial charge in [-0.3, -0.25) is 9.59 Å². The smallest absolute Gasteiger partial charge is 0.322 e. The number of H-pyrrole nitrogens is 1. The Bertz CT molecular complexity index is 849. The van der Waals surface area contributed by atoms with Crippen LogP contribution in [0.1, 0.15) is 26.3 Å². The third-order valence-corrected chi connectivity index (χ3v) is 2.97. The second-order valence-corrected chi connectivity index (χ2v) is 5.15. The fraction of sp³-hybridized carbons (Fsp3) is 0.267. The highest BCUT2D eigenvalue weighted by molar-refractivity contribution is 5.96. The van der Waals surface area contributed by atoms with E-state index in [2.05, 4.69) is 10.1 Å². The zero-order valence-corrected chi connectivity index (χ0v) is 12.7. The fourth-order valence-corrected chi connectivity index (χ4v) is 2.12. The van der Waals surface area contributed by atoms with Crippen LogP contribution in [0.4, 0.5) is 18.9 Å². The minimum atomic E-state index is -4.68. The molecule has 0 fully saturated rings. The number of amides is 1. The molecule has 2 aromatic rings. The number of pyridine rings is 1. The van der Waals surface area contributed by atoms with Crippen molar-refractivity contribution in [3.63, 3.8) is 0 Å². The van der Waals surface area contributed by atoms with Crippen molar-refractivity contribution in [2.75, 3.05) is 5.01 Å². The van der Waals surface area contributed by atoms with Crippen LogP contribution in [0, 0.1) is 0 Å². The van der Waals surface area contributed by atoms with E-state index in [9.17, 15) is 22.8 Å². The molecule has 0 saturated carbocycles. The van der Waals surface area contributed by atoms with Gasteiger partial charge in [-0.2, -0.15) is 18.3 Å². The van der Waals surface area contributed by atoms with Gasteiger partial charge in [0.2, 0.25) is 11.5 Å². The Morgan fingerprint density at radius 3 is 2.35 bits per heavy atom. The van der Waals surface area contributed by atoms with E-state index >= 15 is 0 Å². The van der Waals surface area contributed by atoms with Gasteiger partial charge in [0.05, 0.1) is 11.3 Å². The molecule has 8 heteroatoms. The molecule has 0 aliphatic heterocycles. The number of hydrogen-bond donors (Lipinski definition) is 1. The molecule has 0 aliphatic rings. The average Bonchev–Trinajstić information content (AvgIpc) is 2.42. The summed E-state index contributed by atoms with van der Waals surface area (Å²) in [5.41, 5.74) is -1.11. The van der Waals surface area contributed by atoms with Crippen molar-refractivity contribution in [1.82, 2.24) is 4.98 Å². The molecule has 5 nitrogen and oxygen atoms in total. The minimum Gasteiger partial charge on any atom is -0.322 e. The molecule has 0 saturated heterocycles. The van der Waals surface area contributed by atoms with E-state index in [1.54, 1.807) is 13.8 Å². The lowest BCUT2D eigenvalue weighted by atomic mass is 10.1. The van der Waals surface area contributed by atoms with Gasteiger partial charge in [0, 0.05) is 29.6 Å². The summed E-state index contributed by atoms with van der Waals surface area (Å²) in [6.07, 6.45) is -4.68. The number of nitrogens with one attached hydrogen (secondary N) is 1.